The number of carbonyl (C=O) groups excluding carboxylic acids is 3. The van der Waals surface area contributed by atoms with Crippen molar-refractivity contribution in [3.63, 3.8) is 0 Å². The molecule has 2 aromatic carbocycles. The van der Waals surface area contributed by atoms with Crippen LogP contribution >= 0.6 is 11.6 Å². The first-order valence-electron chi connectivity index (χ1n) is 11.1. The lowest BCUT2D eigenvalue weighted by atomic mass is 9.75. The first-order valence-corrected chi connectivity index (χ1v) is 11.5. The van der Waals surface area contributed by atoms with E-state index in [0.717, 1.165) is 40.8 Å². The van der Waals surface area contributed by atoms with Crippen LogP contribution < -0.4 is 10.2 Å². The smallest absolute Gasteiger partial charge is 0.250 e. The number of rotatable bonds is 1. The minimum absolute atomic E-state index is 0.137. The molecule has 164 valence electrons. The molecule has 6 rings (SSSR count). The second kappa shape index (κ2) is 6.42. The molecule has 3 amide bonds. The van der Waals surface area contributed by atoms with Gasteiger partial charge in [0, 0.05) is 22.3 Å². The highest BCUT2D eigenvalue weighted by atomic mass is 35.5. The van der Waals surface area contributed by atoms with Gasteiger partial charge in [-0.15, -0.1) is 0 Å². The van der Waals surface area contributed by atoms with Crippen LogP contribution in [0.4, 0.5) is 11.4 Å². The SMILES string of the molecule is Cc1cccc(N2C(=O)C3C4CCCN4C4(C(=O)Nc5c(C)cc(Cl)cc54)C3C2=O)c1C. The third kappa shape index (κ3) is 2.17. The third-order valence-corrected chi connectivity index (χ3v) is 8.30. The average molecular weight is 450 g/mol. The minimum Gasteiger partial charge on any atom is -0.324 e. The summed E-state index contributed by atoms with van der Waals surface area (Å²) >= 11 is 6.43. The first kappa shape index (κ1) is 19.9. The lowest BCUT2D eigenvalue weighted by molar-refractivity contribution is -0.135. The molecule has 4 unspecified atom stereocenters. The fourth-order valence-electron chi connectivity index (χ4n) is 6.65. The van der Waals surface area contributed by atoms with Crippen molar-refractivity contribution in [3.8, 4) is 0 Å². The Balaban J connectivity index is 1.59. The zero-order valence-corrected chi connectivity index (χ0v) is 19.0. The normalized spacial score (nSPS) is 30.8. The van der Waals surface area contributed by atoms with Crippen LogP contribution in [0.15, 0.2) is 30.3 Å². The molecule has 32 heavy (non-hydrogen) atoms. The predicted molar refractivity (Wildman–Crippen MR) is 122 cm³/mol. The number of halogens is 1. The van der Waals surface area contributed by atoms with E-state index in [1.807, 2.05) is 45.0 Å². The van der Waals surface area contributed by atoms with Crippen LogP contribution in [-0.2, 0) is 19.9 Å². The number of benzene rings is 2. The van der Waals surface area contributed by atoms with E-state index in [0.29, 0.717) is 17.3 Å². The van der Waals surface area contributed by atoms with Gasteiger partial charge in [0.2, 0.25) is 17.7 Å². The van der Waals surface area contributed by atoms with Crippen LogP contribution in [0.25, 0.3) is 0 Å². The molecule has 6 nitrogen and oxygen atoms in total. The summed E-state index contributed by atoms with van der Waals surface area (Å²) in [7, 11) is 0. The summed E-state index contributed by atoms with van der Waals surface area (Å²) in [6, 6.07) is 9.14. The van der Waals surface area contributed by atoms with E-state index in [1.165, 1.54) is 4.90 Å². The van der Waals surface area contributed by atoms with Gasteiger partial charge in [0.15, 0.2) is 0 Å². The number of hydrogen-bond acceptors (Lipinski definition) is 4. The summed E-state index contributed by atoms with van der Waals surface area (Å²) in [5.41, 5.74) is 3.66. The highest BCUT2D eigenvalue weighted by Gasteiger charge is 2.74. The number of nitrogens with zero attached hydrogens (tertiary/aromatic N) is 2. The molecule has 0 bridgehead atoms. The van der Waals surface area contributed by atoms with E-state index >= 15 is 0 Å². The van der Waals surface area contributed by atoms with Crippen LogP contribution in [0.1, 0.15) is 35.1 Å². The second-order valence-corrected chi connectivity index (χ2v) is 9.94. The van der Waals surface area contributed by atoms with Crippen LogP contribution in [0.3, 0.4) is 0 Å². The molecule has 0 aliphatic carbocycles. The van der Waals surface area contributed by atoms with Gasteiger partial charge in [-0.05, 0) is 75.0 Å². The topological polar surface area (TPSA) is 69.7 Å². The van der Waals surface area contributed by atoms with Crippen LogP contribution in [-0.4, -0.2) is 35.2 Å². The maximum absolute atomic E-state index is 14.0. The van der Waals surface area contributed by atoms with Gasteiger partial charge in [0.25, 0.3) is 0 Å². The molecular weight excluding hydrogens is 426 g/mol. The number of fused-ring (bicyclic) bond motifs is 7. The predicted octanol–water partition coefficient (Wildman–Crippen LogP) is 3.70. The van der Waals surface area contributed by atoms with Gasteiger partial charge in [-0.25, -0.2) is 4.90 Å². The third-order valence-electron chi connectivity index (χ3n) is 8.08. The molecule has 2 aromatic rings. The van der Waals surface area contributed by atoms with Crippen molar-refractivity contribution in [1.82, 2.24) is 4.90 Å². The molecule has 3 saturated heterocycles. The Hall–Kier alpha value is -2.70. The zero-order valence-electron chi connectivity index (χ0n) is 18.2. The van der Waals surface area contributed by atoms with Crippen molar-refractivity contribution in [2.45, 2.75) is 45.2 Å². The number of hydrogen-bond donors (Lipinski definition) is 1. The molecule has 4 aliphatic rings. The van der Waals surface area contributed by atoms with Gasteiger partial charge in [0.1, 0.15) is 5.54 Å². The Morgan fingerprint density at radius 2 is 1.84 bits per heavy atom. The van der Waals surface area contributed by atoms with Gasteiger partial charge >= 0.3 is 0 Å². The molecule has 0 radical (unpaired) electrons. The standard InChI is InChI=1S/C25H24ClN3O3/c1-12-6-4-7-17(14(12)3)29-22(30)19-18-8-5-9-28(18)25(20(19)23(29)31)16-11-15(26)10-13(2)21(16)27-24(25)32/h4,6-7,10-11,18-20H,5,8-9H2,1-3H3,(H,27,32). The Bertz CT molecular complexity index is 1240. The summed E-state index contributed by atoms with van der Waals surface area (Å²) < 4.78 is 0. The molecule has 0 aromatic heterocycles. The largest absolute Gasteiger partial charge is 0.324 e. The molecule has 1 spiro atoms. The number of aryl methyl sites for hydroxylation is 2. The quantitative estimate of drug-likeness (QED) is 0.674. The van der Waals surface area contributed by atoms with Crippen molar-refractivity contribution in [3.05, 3.63) is 57.6 Å². The van der Waals surface area contributed by atoms with Crippen molar-refractivity contribution >= 4 is 40.7 Å². The van der Waals surface area contributed by atoms with Crippen molar-refractivity contribution in [2.24, 2.45) is 11.8 Å². The van der Waals surface area contributed by atoms with E-state index in [-0.39, 0.29) is 23.8 Å². The van der Waals surface area contributed by atoms with Crippen molar-refractivity contribution in [2.75, 3.05) is 16.8 Å². The summed E-state index contributed by atoms with van der Waals surface area (Å²) in [4.78, 5) is 45.1. The van der Waals surface area contributed by atoms with Gasteiger partial charge in [-0.1, -0.05) is 23.7 Å². The van der Waals surface area contributed by atoms with Crippen LogP contribution in [0.2, 0.25) is 5.02 Å². The fraction of sp³-hybridized carbons (Fsp3) is 0.400. The summed E-state index contributed by atoms with van der Waals surface area (Å²) in [6.45, 7) is 6.48. The molecule has 4 heterocycles. The van der Waals surface area contributed by atoms with E-state index in [2.05, 4.69) is 10.2 Å². The van der Waals surface area contributed by atoms with Crippen molar-refractivity contribution < 1.29 is 14.4 Å². The Morgan fingerprint density at radius 1 is 1.06 bits per heavy atom. The lowest BCUT2D eigenvalue weighted by Crippen LogP contribution is -2.54. The molecular formula is C25H24ClN3O3. The summed E-state index contributed by atoms with van der Waals surface area (Å²) in [5.74, 6) is -2.01. The van der Waals surface area contributed by atoms with Gasteiger partial charge in [-0.3, -0.25) is 19.3 Å². The number of imide groups is 1. The molecule has 1 N–H and O–H groups in total. The minimum atomic E-state index is -1.20. The molecule has 4 aliphatic heterocycles. The highest BCUT2D eigenvalue weighted by Crippen LogP contribution is 2.61. The Kier molecular flexibility index (Phi) is 4.00. The van der Waals surface area contributed by atoms with Crippen LogP contribution in [0, 0.1) is 32.6 Å². The summed E-state index contributed by atoms with van der Waals surface area (Å²) in [5, 5.41) is 3.57. The number of amides is 3. The van der Waals surface area contributed by atoms with Gasteiger partial charge in [0.05, 0.1) is 17.5 Å². The van der Waals surface area contributed by atoms with E-state index < -0.39 is 17.4 Å². The summed E-state index contributed by atoms with van der Waals surface area (Å²) in [6.07, 6.45) is 1.69. The first-order chi connectivity index (χ1) is 15.3. The van der Waals surface area contributed by atoms with Gasteiger partial charge < -0.3 is 5.32 Å². The maximum atomic E-state index is 14.0. The molecule has 4 atom stereocenters. The number of nitrogens with one attached hydrogen (secondary N) is 1. The molecule has 7 heteroatoms. The average Bonchev–Trinajstić information content (AvgIpc) is 3.44. The second-order valence-electron chi connectivity index (χ2n) is 9.50. The van der Waals surface area contributed by atoms with E-state index in [9.17, 15) is 14.4 Å². The number of anilines is 2. The van der Waals surface area contributed by atoms with Crippen molar-refractivity contribution in [1.29, 1.82) is 0 Å². The van der Waals surface area contributed by atoms with Crippen LogP contribution in [0.5, 0.6) is 0 Å². The highest BCUT2D eigenvalue weighted by molar-refractivity contribution is 6.31. The Labute approximate surface area is 191 Å². The number of carbonyl (C=O) groups is 3. The zero-order chi connectivity index (χ0) is 22.5. The molecule has 3 fully saturated rings. The fourth-order valence-corrected chi connectivity index (χ4v) is 6.92. The van der Waals surface area contributed by atoms with E-state index in [1.54, 1.807) is 6.07 Å². The Morgan fingerprint density at radius 3 is 2.62 bits per heavy atom. The lowest BCUT2D eigenvalue weighted by Gasteiger charge is -2.37. The maximum Gasteiger partial charge on any atom is 0.250 e. The monoisotopic (exact) mass is 449 g/mol. The molecule has 0 saturated carbocycles. The van der Waals surface area contributed by atoms with Gasteiger partial charge in [-0.2, -0.15) is 0 Å². The van der Waals surface area contributed by atoms with E-state index in [4.69, 9.17) is 11.6 Å².